The molecule has 7 nitrogen and oxygen atoms in total. The first-order valence-electron chi connectivity index (χ1n) is 8.18. The van der Waals surface area contributed by atoms with Crippen LogP contribution in [-0.2, 0) is 16.8 Å². The largest absolute Gasteiger partial charge is 0.480 e. The second-order valence-electron chi connectivity index (χ2n) is 6.44. The molecule has 4 rings (SSSR count). The van der Waals surface area contributed by atoms with Crippen LogP contribution in [-0.4, -0.2) is 31.0 Å². The Morgan fingerprint density at radius 2 is 2.11 bits per heavy atom. The quantitative estimate of drug-likeness (QED) is 0.661. The lowest BCUT2D eigenvalue weighted by Crippen LogP contribution is -2.13. The molecule has 0 saturated heterocycles. The Morgan fingerprint density at radius 1 is 1.36 bits per heavy atom. The number of hydrogen-bond acceptors (Lipinski definition) is 5. The van der Waals surface area contributed by atoms with Gasteiger partial charge in [-0.2, -0.15) is 10.1 Å². The minimum Gasteiger partial charge on any atom is -0.480 e. The third kappa shape index (κ3) is 3.13. The molecular formula is C17H12ClF3N4O3. The first-order valence-corrected chi connectivity index (χ1v) is 8.56. The molecule has 1 aromatic carbocycles. The van der Waals surface area contributed by atoms with Gasteiger partial charge in [0.05, 0.1) is 5.41 Å². The Balaban J connectivity index is 1.69. The van der Waals surface area contributed by atoms with Crippen molar-refractivity contribution in [3.63, 3.8) is 0 Å². The van der Waals surface area contributed by atoms with E-state index in [0.717, 1.165) is 6.07 Å². The maximum absolute atomic E-state index is 13.3. The van der Waals surface area contributed by atoms with Gasteiger partial charge in [-0.15, -0.1) is 0 Å². The molecule has 0 spiro atoms. The number of halogens is 4. The van der Waals surface area contributed by atoms with Crippen molar-refractivity contribution in [3.8, 4) is 11.6 Å². The van der Waals surface area contributed by atoms with E-state index >= 15 is 0 Å². The molecule has 1 fully saturated rings. The van der Waals surface area contributed by atoms with E-state index in [2.05, 4.69) is 15.2 Å². The van der Waals surface area contributed by atoms with Gasteiger partial charge < -0.3 is 9.63 Å². The van der Waals surface area contributed by atoms with Crippen molar-refractivity contribution in [1.29, 1.82) is 0 Å². The van der Waals surface area contributed by atoms with Crippen LogP contribution in [0.3, 0.4) is 0 Å². The van der Waals surface area contributed by atoms with E-state index in [0.29, 0.717) is 23.1 Å². The van der Waals surface area contributed by atoms with Gasteiger partial charge in [-0.05, 0) is 36.6 Å². The number of aromatic nitrogens is 4. The second kappa shape index (κ2) is 6.62. The van der Waals surface area contributed by atoms with Crippen LogP contribution in [0.2, 0.25) is 5.02 Å². The van der Waals surface area contributed by atoms with Crippen molar-refractivity contribution in [2.24, 2.45) is 0 Å². The summed E-state index contributed by atoms with van der Waals surface area (Å²) < 4.78 is 45.5. The number of carboxylic acid groups (broad SMARTS) is 1. The summed E-state index contributed by atoms with van der Waals surface area (Å²) in [4.78, 5) is 15.1. The van der Waals surface area contributed by atoms with Crippen molar-refractivity contribution >= 4 is 17.6 Å². The Labute approximate surface area is 160 Å². The van der Waals surface area contributed by atoms with Crippen LogP contribution in [0.1, 0.15) is 36.3 Å². The van der Waals surface area contributed by atoms with Crippen LogP contribution in [0.4, 0.5) is 13.2 Å². The third-order valence-corrected chi connectivity index (χ3v) is 4.90. The molecule has 1 saturated carbocycles. The summed E-state index contributed by atoms with van der Waals surface area (Å²) in [6.45, 7) is -0.726. The van der Waals surface area contributed by atoms with Crippen LogP contribution in [0, 0.1) is 5.82 Å². The zero-order valence-electron chi connectivity index (χ0n) is 14.1. The van der Waals surface area contributed by atoms with Crippen molar-refractivity contribution in [2.45, 2.75) is 31.2 Å². The highest BCUT2D eigenvalue weighted by molar-refractivity contribution is 6.31. The Bertz CT molecular complexity index is 1060. The minimum absolute atomic E-state index is 0.0590. The van der Waals surface area contributed by atoms with Gasteiger partial charge in [0.25, 0.3) is 12.3 Å². The fourth-order valence-corrected chi connectivity index (χ4v) is 3.45. The zero-order valence-corrected chi connectivity index (χ0v) is 14.8. The first kappa shape index (κ1) is 18.5. The molecule has 28 heavy (non-hydrogen) atoms. The molecule has 0 bridgehead atoms. The summed E-state index contributed by atoms with van der Waals surface area (Å²) in [5.74, 6) is -1.62. The highest BCUT2D eigenvalue weighted by Crippen LogP contribution is 2.54. The van der Waals surface area contributed by atoms with Crippen LogP contribution in [0.5, 0.6) is 0 Å². The van der Waals surface area contributed by atoms with Gasteiger partial charge in [-0.1, -0.05) is 22.8 Å². The Morgan fingerprint density at radius 3 is 2.71 bits per heavy atom. The number of benzene rings is 1. The van der Waals surface area contributed by atoms with E-state index in [-0.39, 0.29) is 22.4 Å². The summed E-state index contributed by atoms with van der Waals surface area (Å²) in [6, 6.07) is 5.04. The smallest absolute Gasteiger partial charge is 0.325 e. The molecule has 0 amide bonds. The van der Waals surface area contributed by atoms with Crippen molar-refractivity contribution < 1.29 is 27.6 Å². The normalized spacial score (nSPS) is 15.2. The summed E-state index contributed by atoms with van der Waals surface area (Å²) >= 11 is 6.15. The molecule has 3 aromatic rings. The van der Waals surface area contributed by atoms with Crippen molar-refractivity contribution in [1.82, 2.24) is 19.9 Å². The fourth-order valence-electron chi connectivity index (χ4n) is 3.10. The number of carboxylic acids is 1. The molecule has 2 aromatic heterocycles. The third-order valence-electron chi connectivity index (χ3n) is 4.59. The average Bonchev–Trinajstić information content (AvgIpc) is 3.07. The molecule has 1 N–H and O–H groups in total. The first-order chi connectivity index (χ1) is 13.3. The summed E-state index contributed by atoms with van der Waals surface area (Å²) in [5, 5.41) is 16.8. The highest BCUT2D eigenvalue weighted by atomic mass is 35.5. The molecule has 0 atom stereocenters. The van der Waals surface area contributed by atoms with Crippen LogP contribution in [0.25, 0.3) is 11.6 Å². The lowest BCUT2D eigenvalue weighted by atomic mass is 9.95. The van der Waals surface area contributed by atoms with Gasteiger partial charge in [-0.3, -0.25) is 9.48 Å². The maximum Gasteiger partial charge on any atom is 0.325 e. The lowest BCUT2D eigenvalue weighted by Gasteiger charge is -2.12. The number of carbonyl (C=O) groups is 1. The van der Waals surface area contributed by atoms with E-state index in [4.69, 9.17) is 21.2 Å². The lowest BCUT2D eigenvalue weighted by molar-refractivity contribution is -0.138. The Kier molecular flexibility index (Phi) is 4.37. The maximum atomic E-state index is 13.3. The van der Waals surface area contributed by atoms with Crippen LogP contribution in [0.15, 0.2) is 28.8 Å². The molecule has 0 radical (unpaired) electrons. The van der Waals surface area contributed by atoms with Crippen LogP contribution < -0.4 is 0 Å². The van der Waals surface area contributed by atoms with E-state index in [9.17, 15) is 18.0 Å². The van der Waals surface area contributed by atoms with Gasteiger partial charge in [0, 0.05) is 5.02 Å². The molecule has 1 aliphatic rings. The summed E-state index contributed by atoms with van der Waals surface area (Å²) in [6.07, 6.45) is -1.60. The number of alkyl halides is 2. The van der Waals surface area contributed by atoms with E-state index < -0.39 is 35.9 Å². The molecule has 0 unspecified atom stereocenters. The number of nitrogens with zero attached hydrogens (tertiary/aromatic N) is 4. The average molecular weight is 413 g/mol. The van der Waals surface area contributed by atoms with Gasteiger partial charge in [0.1, 0.15) is 18.1 Å². The highest BCUT2D eigenvalue weighted by Gasteiger charge is 2.51. The predicted octanol–water partition coefficient (Wildman–Crippen LogP) is 3.83. The predicted molar refractivity (Wildman–Crippen MR) is 89.5 cm³/mol. The number of aliphatic carboxylic acids is 1. The van der Waals surface area contributed by atoms with Gasteiger partial charge in [-0.25, -0.2) is 13.2 Å². The fraction of sp³-hybridized carbons (Fsp3) is 0.294. The number of rotatable bonds is 6. The molecular weight excluding hydrogens is 401 g/mol. The van der Waals surface area contributed by atoms with Crippen molar-refractivity contribution in [2.75, 3.05) is 0 Å². The van der Waals surface area contributed by atoms with E-state index in [1.54, 1.807) is 6.07 Å². The summed E-state index contributed by atoms with van der Waals surface area (Å²) in [5.41, 5.74) is -0.620. The minimum atomic E-state index is -2.92. The van der Waals surface area contributed by atoms with Gasteiger partial charge in [0.15, 0.2) is 11.5 Å². The molecule has 11 heteroatoms. The zero-order chi connectivity index (χ0) is 20.1. The molecule has 2 heterocycles. The molecule has 1 aliphatic carbocycles. The van der Waals surface area contributed by atoms with E-state index in [1.807, 2.05) is 0 Å². The van der Waals surface area contributed by atoms with Gasteiger partial charge in [0.2, 0.25) is 0 Å². The Hall–Kier alpha value is -2.88. The van der Waals surface area contributed by atoms with E-state index in [1.165, 1.54) is 12.1 Å². The topological polar surface area (TPSA) is 94.0 Å². The van der Waals surface area contributed by atoms with Gasteiger partial charge >= 0.3 is 5.97 Å². The monoisotopic (exact) mass is 412 g/mol. The SMILES string of the molecule is O=C(O)Cn1nc(-c2nc(C3(c4ccc(F)cc4Cl)CC3)no2)cc1C(F)F. The van der Waals surface area contributed by atoms with Crippen molar-refractivity contribution in [3.05, 3.63) is 52.2 Å². The number of hydrogen-bond donors (Lipinski definition) is 1. The summed E-state index contributed by atoms with van der Waals surface area (Å²) in [7, 11) is 0. The standard InChI is InChI=1S/C17H12ClF3N4O3/c18-10-5-8(19)1-2-9(10)17(3-4-17)16-22-15(28-24-16)11-6-12(14(20)21)25(23-11)7-13(26)27/h1-2,5-6,14H,3-4,7H2,(H,26,27). The van der Waals surface area contributed by atoms with Crippen LogP contribution >= 0.6 is 11.6 Å². The molecule has 0 aliphatic heterocycles. The molecule has 146 valence electrons. The second-order valence-corrected chi connectivity index (χ2v) is 6.84.